The van der Waals surface area contributed by atoms with Crippen molar-refractivity contribution in [3.05, 3.63) is 30.3 Å². The first-order valence-corrected chi connectivity index (χ1v) is 4.76. The van der Waals surface area contributed by atoms with E-state index in [0.717, 1.165) is 5.69 Å². The number of halogens is 2. The molecule has 0 fully saturated rings. The molecule has 0 atom stereocenters. The number of hydrogen-bond donors (Lipinski definition) is 1. The summed E-state index contributed by atoms with van der Waals surface area (Å²) in [6.07, 6.45) is 0. The van der Waals surface area contributed by atoms with Gasteiger partial charge in [0.1, 0.15) is 0 Å². The Morgan fingerprint density at radius 2 is 1.80 bits per heavy atom. The van der Waals surface area contributed by atoms with Crippen LogP contribution in [0.4, 0.5) is 5.69 Å². The van der Waals surface area contributed by atoms with Crippen molar-refractivity contribution in [1.82, 2.24) is 3.64 Å². The highest BCUT2D eigenvalue weighted by Crippen LogP contribution is 2.14. The van der Waals surface area contributed by atoms with E-state index in [1.54, 1.807) is 0 Å². The lowest BCUT2D eigenvalue weighted by Crippen LogP contribution is -2.17. The standard InChI is InChI=1S/C6H6I2N2/c7-9-10(8)6-4-2-1-3-5-6/h1-5,9H. The largest absolute Gasteiger partial charge is 0.239 e. The lowest BCUT2D eigenvalue weighted by atomic mass is 10.3. The van der Waals surface area contributed by atoms with Gasteiger partial charge in [-0.15, -0.1) is 0 Å². The molecule has 0 saturated carbocycles. The Bertz CT molecular complexity index is 190. The van der Waals surface area contributed by atoms with E-state index in [-0.39, 0.29) is 0 Å². The summed E-state index contributed by atoms with van der Waals surface area (Å²) >= 11 is 4.27. The first kappa shape index (κ1) is 8.54. The van der Waals surface area contributed by atoms with E-state index in [1.165, 1.54) is 0 Å². The van der Waals surface area contributed by atoms with Gasteiger partial charge in [0.2, 0.25) is 0 Å². The fourth-order valence-electron chi connectivity index (χ4n) is 0.608. The monoisotopic (exact) mass is 360 g/mol. The second-order valence-corrected chi connectivity index (χ2v) is 3.15. The van der Waals surface area contributed by atoms with E-state index in [9.17, 15) is 0 Å². The molecule has 0 aromatic heterocycles. The third-order valence-corrected chi connectivity index (χ3v) is 3.26. The number of anilines is 1. The maximum Gasteiger partial charge on any atom is 0.0774 e. The lowest BCUT2D eigenvalue weighted by molar-refractivity contribution is 1.18. The number of nitrogens with one attached hydrogen (secondary N) is 1. The minimum atomic E-state index is 1.15. The maximum atomic E-state index is 2.97. The van der Waals surface area contributed by atoms with Crippen LogP contribution in [-0.2, 0) is 0 Å². The topological polar surface area (TPSA) is 15.3 Å². The average molecular weight is 360 g/mol. The van der Waals surface area contributed by atoms with E-state index >= 15 is 0 Å². The van der Waals surface area contributed by atoms with Gasteiger partial charge in [0.05, 0.1) is 28.6 Å². The van der Waals surface area contributed by atoms with Gasteiger partial charge in [-0.3, -0.25) is 0 Å². The number of hydrogen-bond acceptors (Lipinski definition) is 2. The summed E-state index contributed by atoms with van der Waals surface area (Å²) in [6, 6.07) is 10.1. The average Bonchev–Trinajstić information content (AvgIpc) is 2.05. The maximum absolute atomic E-state index is 2.97. The first-order chi connectivity index (χ1) is 4.84. The van der Waals surface area contributed by atoms with Crippen LogP contribution in [0.1, 0.15) is 0 Å². The Kier molecular flexibility index (Phi) is 3.71. The fraction of sp³-hybridized carbons (Fsp3) is 0. The van der Waals surface area contributed by atoms with Gasteiger partial charge in [0, 0.05) is 22.9 Å². The lowest BCUT2D eigenvalue weighted by Gasteiger charge is -2.11. The Morgan fingerprint density at radius 3 is 2.30 bits per heavy atom. The first-order valence-electron chi connectivity index (χ1n) is 2.72. The molecule has 0 aliphatic carbocycles. The van der Waals surface area contributed by atoms with Crippen molar-refractivity contribution in [2.75, 3.05) is 3.22 Å². The molecule has 2 nitrogen and oxygen atoms in total. The van der Waals surface area contributed by atoms with E-state index in [4.69, 9.17) is 0 Å². The van der Waals surface area contributed by atoms with Gasteiger partial charge in [-0.25, -0.2) is 3.22 Å². The van der Waals surface area contributed by atoms with Crippen LogP contribution in [0, 0.1) is 0 Å². The molecule has 0 heterocycles. The molecule has 54 valence electrons. The molecule has 0 saturated heterocycles. The van der Waals surface area contributed by atoms with Gasteiger partial charge in [0.25, 0.3) is 0 Å². The molecular weight excluding hydrogens is 354 g/mol. The summed E-state index contributed by atoms with van der Waals surface area (Å²) in [6.45, 7) is 0. The molecule has 1 aromatic carbocycles. The van der Waals surface area contributed by atoms with Crippen molar-refractivity contribution < 1.29 is 0 Å². The van der Waals surface area contributed by atoms with E-state index < -0.39 is 0 Å². The zero-order valence-electron chi connectivity index (χ0n) is 5.09. The molecule has 0 amide bonds. The highest BCUT2D eigenvalue weighted by atomic mass is 127. The van der Waals surface area contributed by atoms with Gasteiger partial charge >= 0.3 is 0 Å². The van der Waals surface area contributed by atoms with E-state index in [2.05, 4.69) is 49.4 Å². The summed E-state index contributed by atoms with van der Waals surface area (Å²) in [5.74, 6) is 0. The highest BCUT2D eigenvalue weighted by Gasteiger charge is 1.95. The fourth-order valence-corrected chi connectivity index (χ4v) is 1.21. The molecule has 0 unspecified atom stereocenters. The van der Waals surface area contributed by atoms with Gasteiger partial charge in [-0.05, 0) is 12.1 Å². The molecule has 4 heteroatoms. The predicted molar refractivity (Wildman–Crippen MR) is 60.1 cm³/mol. The predicted octanol–water partition coefficient (Wildman–Crippen LogP) is 2.70. The van der Waals surface area contributed by atoms with Crippen molar-refractivity contribution >= 4 is 51.4 Å². The quantitative estimate of drug-likeness (QED) is 0.496. The van der Waals surface area contributed by atoms with Crippen LogP contribution in [0.5, 0.6) is 0 Å². The summed E-state index contributed by atoms with van der Waals surface area (Å²) in [4.78, 5) is 0. The molecule has 0 spiro atoms. The second-order valence-electron chi connectivity index (χ2n) is 1.70. The van der Waals surface area contributed by atoms with Crippen LogP contribution < -0.4 is 6.86 Å². The Morgan fingerprint density at radius 1 is 1.20 bits per heavy atom. The number of para-hydroxylation sites is 1. The molecule has 1 rings (SSSR count). The summed E-state index contributed by atoms with van der Waals surface area (Å²) in [7, 11) is 0. The van der Waals surface area contributed by atoms with Crippen LogP contribution in [0.2, 0.25) is 0 Å². The number of hydrazine groups is 1. The van der Waals surface area contributed by atoms with Crippen molar-refractivity contribution in [3.63, 3.8) is 0 Å². The molecule has 1 aromatic rings. The smallest absolute Gasteiger partial charge is 0.0774 e. The molecule has 0 aliphatic rings. The van der Waals surface area contributed by atoms with Gasteiger partial charge in [0.15, 0.2) is 0 Å². The van der Waals surface area contributed by atoms with Crippen molar-refractivity contribution in [2.24, 2.45) is 0 Å². The van der Waals surface area contributed by atoms with Gasteiger partial charge < -0.3 is 0 Å². The van der Waals surface area contributed by atoms with Crippen molar-refractivity contribution in [1.29, 1.82) is 0 Å². The highest BCUT2D eigenvalue weighted by molar-refractivity contribution is 14.1. The van der Waals surface area contributed by atoms with Crippen molar-refractivity contribution in [2.45, 2.75) is 0 Å². The third kappa shape index (κ3) is 2.24. The Hall–Kier alpha value is 0.440. The second kappa shape index (κ2) is 4.35. The van der Waals surface area contributed by atoms with E-state index in [1.807, 2.05) is 33.6 Å². The Labute approximate surface area is 87.9 Å². The normalized spacial score (nSPS) is 9.40. The van der Waals surface area contributed by atoms with E-state index in [0.29, 0.717) is 0 Å². The number of benzene rings is 1. The third-order valence-electron chi connectivity index (χ3n) is 1.06. The Balaban J connectivity index is 2.75. The van der Waals surface area contributed by atoms with Crippen molar-refractivity contribution in [3.8, 4) is 0 Å². The minimum absolute atomic E-state index is 1.15. The van der Waals surface area contributed by atoms with Crippen LogP contribution >= 0.6 is 45.7 Å². The molecule has 1 N–H and O–H groups in total. The summed E-state index contributed by atoms with van der Waals surface area (Å²) in [5.41, 5.74) is 1.15. The molecule has 10 heavy (non-hydrogen) atoms. The van der Waals surface area contributed by atoms with Crippen LogP contribution in [0.15, 0.2) is 30.3 Å². The minimum Gasteiger partial charge on any atom is -0.239 e. The van der Waals surface area contributed by atoms with Gasteiger partial charge in [-0.1, -0.05) is 18.2 Å². The SMILES string of the molecule is INN(I)c1ccccc1. The zero-order chi connectivity index (χ0) is 7.40. The zero-order valence-corrected chi connectivity index (χ0v) is 9.40. The summed E-state index contributed by atoms with van der Waals surface area (Å²) < 4.78 is 4.89. The summed E-state index contributed by atoms with van der Waals surface area (Å²) in [5, 5.41) is 0. The van der Waals surface area contributed by atoms with Crippen LogP contribution in [0.3, 0.4) is 0 Å². The van der Waals surface area contributed by atoms with Crippen LogP contribution in [0.25, 0.3) is 0 Å². The van der Waals surface area contributed by atoms with Crippen LogP contribution in [-0.4, -0.2) is 0 Å². The molecule has 0 aliphatic heterocycles. The molecular formula is C6H6I2N2. The number of rotatable bonds is 2. The number of nitrogens with zero attached hydrogens (tertiary/aromatic N) is 1. The molecule has 0 bridgehead atoms. The molecule has 0 radical (unpaired) electrons. The van der Waals surface area contributed by atoms with Gasteiger partial charge in [-0.2, -0.15) is 3.64 Å².